The molecule has 0 unspecified atom stereocenters. The second-order valence-electron chi connectivity index (χ2n) is 4.44. The summed E-state index contributed by atoms with van der Waals surface area (Å²) in [5, 5.41) is 0. The first-order chi connectivity index (χ1) is 8.24. The minimum atomic E-state index is 0.690. The molecule has 0 bridgehead atoms. The Balaban J connectivity index is 2.00. The maximum Gasteiger partial charge on any atom is 0.128 e. The molecule has 1 aromatic heterocycles. The number of aromatic nitrogens is 1. The van der Waals surface area contributed by atoms with E-state index in [1.807, 2.05) is 6.20 Å². The second kappa shape index (κ2) is 5.83. The molecule has 0 saturated carbocycles. The number of halogens is 1. The Morgan fingerprint density at radius 1 is 1.41 bits per heavy atom. The van der Waals surface area contributed by atoms with Crippen LogP contribution in [0.5, 0.6) is 0 Å². The molecule has 1 aromatic rings. The van der Waals surface area contributed by atoms with Gasteiger partial charge in [0.1, 0.15) is 5.82 Å². The molecule has 4 heteroatoms. The lowest BCUT2D eigenvalue weighted by Gasteiger charge is -2.26. The summed E-state index contributed by atoms with van der Waals surface area (Å²) in [6.45, 7) is 8.99. The van der Waals surface area contributed by atoms with E-state index in [1.54, 1.807) is 0 Å². The van der Waals surface area contributed by atoms with Crippen LogP contribution in [0.4, 0.5) is 5.82 Å². The predicted molar refractivity (Wildman–Crippen MR) is 75.5 cm³/mol. The Morgan fingerprint density at radius 2 is 2.18 bits per heavy atom. The van der Waals surface area contributed by atoms with Gasteiger partial charge in [0, 0.05) is 29.8 Å². The first-order valence-corrected chi connectivity index (χ1v) is 7.14. The lowest BCUT2D eigenvalue weighted by Crippen LogP contribution is -2.37. The van der Waals surface area contributed by atoms with Crippen LogP contribution >= 0.6 is 15.9 Å². The molecule has 2 heterocycles. The number of rotatable bonds is 4. The van der Waals surface area contributed by atoms with Gasteiger partial charge >= 0.3 is 0 Å². The van der Waals surface area contributed by atoms with Gasteiger partial charge in [-0.3, -0.25) is 4.90 Å². The van der Waals surface area contributed by atoms with Gasteiger partial charge in [0.2, 0.25) is 0 Å². The van der Waals surface area contributed by atoms with Crippen LogP contribution in [0.2, 0.25) is 0 Å². The summed E-state index contributed by atoms with van der Waals surface area (Å²) in [5.74, 6) is 1.10. The molecule has 1 aliphatic rings. The molecule has 3 nitrogen and oxygen atoms in total. The summed E-state index contributed by atoms with van der Waals surface area (Å²) in [5.41, 5.74) is 0. The maximum absolute atomic E-state index is 4.47. The normalized spacial score (nSPS) is 20.2. The lowest BCUT2D eigenvalue weighted by molar-refractivity contribution is 0.232. The van der Waals surface area contributed by atoms with Gasteiger partial charge in [0.15, 0.2) is 0 Å². The maximum atomic E-state index is 4.47. The molecule has 0 aliphatic carbocycles. The summed E-state index contributed by atoms with van der Waals surface area (Å²) in [4.78, 5) is 9.39. The van der Waals surface area contributed by atoms with Crippen molar-refractivity contribution in [3.05, 3.63) is 22.8 Å². The van der Waals surface area contributed by atoms with Crippen molar-refractivity contribution in [1.29, 1.82) is 0 Å². The second-order valence-corrected chi connectivity index (χ2v) is 5.36. The Kier molecular flexibility index (Phi) is 4.40. The predicted octanol–water partition coefficient (Wildman–Crippen LogP) is 2.76. The van der Waals surface area contributed by atoms with Gasteiger partial charge in [0.05, 0.1) is 0 Å². The number of hydrogen-bond acceptors (Lipinski definition) is 3. The van der Waals surface area contributed by atoms with Crippen molar-refractivity contribution in [2.45, 2.75) is 26.3 Å². The van der Waals surface area contributed by atoms with Crippen LogP contribution in [0.3, 0.4) is 0 Å². The van der Waals surface area contributed by atoms with Crippen molar-refractivity contribution in [1.82, 2.24) is 9.88 Å². The number of hydrogen-bond donors (Lipinski definition) is 0. The van der Waals surface area contributed by atoms with E-state index in [0.717, 1.165) is 36.5 Å². The highest BCUT2D eigenvalue weighted by molar-refractivity contribution is 9.10. The standard InChI is InChI=1S/C13H20BrN3/c1-3-16(4-2)12-7-8-17(10-12)13-6-5-11(14)9-15-13/h5-6,9,12H,3-4,7-8,10H2,1-2H3/t12-/m0/s1. The fourth-order valence-electron chi connectivity index (χ4n) is 2.54. The molecular formula is C13H20BrN3. The van der Waals surface area contributed by atoms with Crippen molar-refractivity contribution >= 4 is 21.7 Å². The Morgan fingerprint density at radius 3 is 2.76 bits per heavy atom. The highest BCUT2D eigenvalue weighted by atomic mass is 79.9. The van der Waals surface area contributed by atoms with Gasteiger partial charge in [0.25, 0.3) is 0 Å². The van der Waals surface area contributed by atoms with Gasteiger partial charge in [-0.05, 0) is 47.6 Å². The Bertz CT molecular complexity index is 348. The summed E-state index contributed by atoms with van der Waals surface area (Å²) in [6, 6.07) is 4.84. The fraction of sp³-hybridized carbons (Fsp3) is 0.615. The topological polar surface area (TPSA) is 19.4 Å². The summed E-state index contributed by atoms with van der Waals surface area (Å²) >= 11 is 3.42. The average Bonchev–Trinajstić information content (AvgIpc) is 2.81. The zero-order valence-electron chi connectivity index (χ0n) is 10.6. The molecule has 0 radical (unpaired) electrons. The number of likely N-dealkylation sites (N-methyl/N-ethyl adjacent to an activating group) is 1. The molecule has 0 amide bonds. The molecule has 1 saturated heterocycles. The van der Waals surface area contributed by atoms with Crippen LogP contribution in [-0.2, 0) is 0 Å². The first-order valence-electron chi connectivity index (χ1n) is 6.35. The monoisotopic (exact) mass is 297 g/mol. The molecule has 1 aliphatic heterocycles. The first kappa shape index (κ1) is 12.8. The van der Waals surface area contributed by atoms with E-state index >= 15 is 0 Å². The van der Waals surface area contributed by atoms with E-state index in [1.165, 1.54) is 6.42 Å². The van der Waals surface area contributed by atoms with Gasteiger partial charge in [-0.25, -0.2) is 4.98 Å². The highest BCUT2D eigenvalue weighted by Crippen LogP contribution is 2.22. The quantitative estimate of drug-likeness (QED) is 0.852. The van der Waals surface area contributed by atoms with Crippen LogP contribution in [0.15, 0.2) is 22.8 Å². The van der Waals surface area contributed by atoms with E-state index in [0.29, 0.717) is 6.04 Å². The van der Waals surface area contributed by atoms with E-state index in [2.05, 4.69) is 56.7 Å². The molecule has 1 atom stereocenters. The lowest BCUT2D eigenvalue weighted by atomic mass is 10.2. The Labute approximate surface area is 112 Å². The van der Waals surface area contributed by atoms with E-state index < -0.39 is 0 Å². The molecule has 94 valence electrons. The molecule has 1 fully saturated rings. The minimum Gasteiger partial charge on any atom is -0.355 e. The van der Waals surface area contributed by atoms with Crippen LogP contribution < -0.4 is 4.90 Å². The third-order valence-electron chi connectivity index (χ3n) is 3.53. The van der Waals surface area contributed by atoms with Crippen molar-refractivity contribution in [2.24, 2.45) is 0 Å². The summed E-state index contributed by atoms with van der Waals surface area (Å²) < 4.78 is 1.04. The smallest absolute Gasteiger partial charge is 0.128 e. The molecule has 0 N–H and O–H groups in total. The number of nitrogens with zero attached hydrogens (tertiary/aromatic N) is 3. The number of pyridine rings is 1. The third kappa shape index (κ3) is 2.99. The van der Waals surface area contributed by atoms with E-state index in [4.69, 9.17) is 0 Å². The van der Waals surface area contributed by atoms with Crippen LogP contribution in [-0.4, -0.2) is 42.1 Å². The zero-order chi connectivity index (χ0) is 12.3. The average molecular weight is 298 g/mol. The highest BCUT2D eigenvalue weighted by Gasteiger charge is 2.26. The van der Waals surface area contributed by atoms with Crippen molar-refractivity contribution in [2.75, 3.05) is 31.1 Å². The van der Waals surface area contributed by atoms with E-state index in [-0.39, 0.29) is 0 Å². The number of anilines is 1. The molecule has 2 rings (SSSR count). The minimum absolute atomic E-state index is 0.690. The SMILES string of the molecule is CCN(CC)[C@H]1CCN(c2ccc(Br)cn2)C1. The molecular weight excluding hydrogens is 278 g/mol. The van der Waals surface area contributed by atoms with Crippen molar-refractivity contribution in [3.63, 3.8) is 0 Å². The zero-order valence-corrected chi connectivity index (χ0v) is 12.2. The summed E-state index contributed by atoms with van der Waals surface area (Å²) in [7, 11) is 0. The summed E-state index contributed by atoms with van der Waals surface area (Å²) in [6.07, 6.45) is 3.12. The van der Waals surface area contributed by atoms with Crippen LogP contribution in [0.25, 0.3) is 0 Å². The molecule has 17 heavy (non-hydrogen) atoms. The van der Waals surface area contributed by atoms with Gasteiger partial charge < -0.3 is 4.90 Å². The van der Waals surface area contributed by atoms with Gasteiger partial charge in [-0.1, -0.05) is 13.8 Å². The Hall–Kier alpha value is -0.610. The van der Waals surface area contributed by atoms with Crippen LogP contribution in [0, 0.1) is 0 Å². The van der Waals surface area contributed by atoms with Gasteiger partial charge in [-0.15, -0.1) is 0 Å². The van der Waals surface area contributed by atoms with E-state index in [9.17, 15) is 0 Å². The third-order valence-corrected chi connectivity index (χ3v) is 4.00. The fourth-order valence-corrected chi connectivity index (χ4v) is 2.78. The molecule has 0 spiro atoms. The van der Waals surface area contributed by atoms with Crippen molar-refractivity contribution < 1.29 is 0 Å². The largest absolute Gasteiger partial charge is 0.355 e. The van der Waals surface area contributed by atoms with Crippen molar-refractivity contribution in [3.8, 4) is 0 Å². The van der Waals surface area contributed by atoms with Crippen LogP contribution in [0.1, 0.15) is 20.3 Å². The molecule has 0 aromatic carbocycles. The van der Waals surface area contributed by atoms with Gasteiger partial charge in [-0.2, -0.15) is 0 Å².